The molecule has 0 aliphatic carbocycles. The van der Waals surface area contributed by atoms with Gasteiger partial charge in [-0.25, -0.2) is 0 Å². The van der Waals surface area contributed by atoms with E-state index in [1.807, 2.05) is 4.90 Å². The van der Waals surface area contributed by atoms with E-state index in [0.717, 1.165) is 52.1 Å². The lowest BCUT2D eigenvalue weighted by Gasteiger charge is -2.47. The zero-order chi connectivity index (χ0) is 18.0. The number of ketones is 1. The molecule has 0 unspecified atom stereocenters. The fraction of sp³-hybridized carbons (Fsp3) is 0.895. The van der Waals surface area contributed by atoms with E-state index in [-0.39, 0.29) is 17.0 Å². The molecular formula is C19H35N3O2. The molecule has 5 nitrogen and oxygen atoms in total. The van der Waals surface area contributed by atoms with E-state index in [1.165, 1.54) is 0 Å². The third-order valence-corrected chi connectivity index (χ3v) is 6.11. The molecule has 0 aromatic carbocycles. The van der Waals surface area contributed by atoms with Crippen LogP contribution in [0.2, 0.25) is 0 Å². The van der Waals surface area contributed by atoms with Crippen molar-refractivity contribution < 1.29 is 9.59 Å². The van der Waals surface area contributed by atoms with Crippen molar-refractivity contribution in [3.8, 4) is 0 Å². The van der Waals surface area contributed by atoms with Crippen molar-refractivity contribution in [1.29, 1.82) is 0 Å². The van der Waals surface area contributed by atoms with Gasteiger partial charge in [-0.3, -0.25) is 19.4 Å². The van der Waals surface area contributed by atoms with Crippen LogP contribution in [0.5, 0.6) is 0 Å². The minimum atomic E-state index is 0.138. The highest BCUT2D eigenvalue weighted by Crippen LogP contribution is 2.30. The summed E-state index contributed by atoms with van der Waals surface area (Å²) in [5.74, 6) is 0.596. The van der Waals surface area contributed by atoms with Gasteiger partial charge in [-0.1, -0.05) is 0 Å². The highest BCUT2D eigenvalue weighted by molar-refractivity contribution is 5.79. The molecule has 2 rings (SSSR count). The van der Waals surface area contributed by atoms with Gasteiger partial charge in [0.1, 0.15) is 5.78 Å². The van der Waals surface area contributed by atoms with Crippen LogP contribution in [0, 0.1) is 0 Å². The lowest BCUT2D eigenvalue weighted by Crippen LogP contribution is -2.56. The molecule has 2 saturated heterocycles. The second kappa shape index (κ2) is 7.52. The maximum atomic E-state index is 11.5. The number of carbonyl (C=O) groups excluding carboxylic acids is 2. The van der Waals surface area contributed by atoms with Gasteiger partial charge in [-0.2, -0.15) is 0 Å². The van der Waals surface area contributed by atoms with Crippen molar-refractivity contribution in [1.82, 2.24) is 14.7 Å². The molecule has 2 heterocycles. The molecular weight excluding hydrogens is 302 g/mol. The number of piperidine rings is 1. The van der Waals surface area contributed by atoms with E-state index in [0.29, 0.717) is 18.6 Å². The van der Waals surface area contributed by atoms with E-state index >= 15 is 0 Å². The van der Waals surface area contributed by atoms with Crippen LogP contribution >= 0.6 is 0 Å². The molecule has 138 valence electrons. The predicted octanol–water partition coefficient (Wildman–Crippen LogP) is 2.15. The summed E-state index contributed by atoms with van der Waals surface area (Å²) in [6.45, 7) is 16.4. The number of rotatable bonds is 5. The molecule has 0 atom stereocenters. The van der Waals surface area contributed by atoms with Gasteiger partial charge in [0, 0.05) is 70.1 Å². The highest BCUT2D eigenvalue weighted by atomic mass is 16.2. The van der Waals surface area contributed by atoms with Gasteiger partial charge in [0.15, 0.2) is 0 Å². The maximum absolute atomic E-state index is 11.5. The second-order valence-corrected chi connectivity index (χ2v) is 8.64. The molecule has 0 spiro atoms. The minimum absolute atomic E-state index is 0.138. The van der Waals surface area contributed by atoms with Crippen molar-refractivity contribution in [2.75, 3.05) is 39.3 Å². The summed E-state index contributed by atoms with van der Waals surface area (Å²) in [6.07, 6.45) is 3.67. The number of hydrogen-bond acceptors (Lipinski definition) is 4. The molecule has 2 aliphatic heterocycles. The van der Waals surface area contributed by atoms with E-state index in [4.69, 9.17) is 0 Å². The Kier molecular flexibility index (Phi) is 6.08. The number of nitrogens with zero attached hydrogens (tertiary/aromatic N) is 3. The lowest BCUT2D eigenvalue weighted by molar-refractivity contribution is -0.131. The van der Waals surface area contributed by atoms with Crippen molar-refractivity contribution >= 4 is 11.7 Å². The van der Waals surface area contributed by atoms with Crippen LogP contribution in [0.3, 0.4) is 0 Å². The third-order valence-electron chi connectivity index (χ3n) is 6.11. The summed E-state index contributed by atoms with van der Waals surface area (Å²) in [6, 6.07) is 0. The Balaban J connectivity index is 1.85. The van der Waals surface area contributed by atoms with Gasteiger partial charge in [0.2, 0.25) is 5.91 Å². The average Bonchev–Trinajstić information content (AvgIpc) is 2.54. The molecule has 0 aromatic rings. The van der Waals surface area contributed by atoms with Crippen LogP contribution in [0.15, 0.2) is 0 Å². The van der Waals surface area contributed by atoms with Crippen LogP contribution in [0.4, 0.5) is 0 Å². The first-order valence-electron chi connectivity index (χ1n) is 9.39. The van der Waals surface area contributed by atoms with Gasteiger partial charge in [-0.05, 0) is 40.5 Å². The van der Waals surface area contributed by atoms with Crippen molar-refractivity contribution in [3.05, 3.63) is 0 Å². The Morgan fingerprint density at radius 1 is 0.833 bits per heavy atom. The molecule has 0 bridgehead atoms. The Hall–Kier alpha value is -0.940. The van der Waals surface area contributed by atoms with E-state index in [9.17, 15) is 9.59 Å². The van der Waals surface area contributed by atoms with Crippen LogP contribution < -0.4 is 0 Å². The molecule has 0 N–H and O–H groups in total. The Morgan fingerprint density at radius 3 is 1.67 bits per heavy atom. The number of hydrogen-bond donors (Lipinski definition) is 0. The summed E-state index contributed by atoms with van der Waals surface area (Å²) in [5, 5.41) is 0. The molecule has 0 aromatic heterocycles. The van der Waals surface area contributed by atoms with Crippen LogP contribution in [0.1, 0.15) is 60.3 Å². The first-order chi connectivity index (χ1) is 11.1. The number of piperazine rings is 1. The monoisotopic (exact) mass is 337 g/mol. The summed E-state index contributed by atoms with van der Waals surface area (Å²) < 4.78 is 0. The molecule has 2 fully saturated rings. The van der Waals surface area contributed by atoms with Gasteiger partial charge in [0.05, 0.1) is 0 Å². The smallest absolute Gasteiger partial charge is 0.219 e. The van der Waals surface area contributed by atoms with E-state index in [2.05, 4.69) is 37.5 Å². The van der Waals surface area contributed by atoms with Crippen molar-refractivity contribution in [3.63, 3.8) is 0 Å². The topological polar surface area (TPSA) is 43.9 Å². The minimum Gasteiger partial charge on any atom is -0.340 e. The van der Waals surface area contributed by atoms with Gasteiger partial charge >= 0.3 is 0 Å². The summed E-state index contributed by atoms with van der Waals surface area (Å²) in [5.41, 5.74) is 0.283. The number of likely N-dealkylation sites (tertiary alicyclic amines) is 1. The number of amides is 1. The quantitative estimate of drug-likeness (QED) is 0.771. The molecule has 1 amide bonds. The van der Waals surface area contributed by atoms with Gasteiger partial charge in [-0.15, -0.1) is 0 Å². The molecule has 24 heavy (non-hydrogen) atoms. The molecule has 0 radical (unpaired) electrons. The van der Waals surface area contributed by atoms with Crippen LogP contribution in [-0.4, -0.2) is 76.7 Å². The second-order valence-electron chi connectivity index (χ2n) is 8.64. The van der Waals surface area contributed by atoms with Crippen molar-refractivity contribution in [2.24, 2.45) is 0 Å². The summed E-state index contributed by atoms with van der Waals surface area (Å²) in [7, 11) is 0. The van der Waals surface area contributed by atoms with E-state index < -0.39 is 0 Å². The summed E-state index contributed by atoms with van der Waals surface area (Å²) >= 11 is 0. The first-order valence-corrected chi connectivity index (χ1v) is 9.39. The average molecular weight is 338 g/mol. The van der Waals surface area contributed by atoms with E-state index in [1.54, 1.807) is 6.92 Å². The zero-order valence-electron chi connectivity index (χ0n) is 16.2. The normalized spacial score (nSPS) is 22.0. The van der Waals surface area contributed by atoms with Crippen molar-refractivity contribution in [2.45, 2.75) is 71.4 Å². The fourth-order valence-corrected chi connectivity index (χ4v) is 3.92. The predicted molar refractivity (Wildman–Crippen MR) is 97.0 cm³/mol. The molecule has 2 aliphatic rings. The van der Waals surface area contributed by atoms with Crippen LogP contribution in [-0.2, 0) is 9.59 Å². The SMILES string of the molecule is CC(=O)N1CCN(C(C)(C)CCC(C)(C)N2CCC(=O)CC2)CC1. The highest BCUT2D eigenvalue weighted by Gasteiger charge is 2.35. The largest absolute Gasteiger partial charge is 0.340 e. The standard InChI is InChI=1S/C19H35N3O2/c1-16(23)20-12-14-22(15-13-20)19(4,5)9-8-18(2,3)21-10-6-17(24)7-11-21/h6-15H2,1-5H3. The fourth-order valence-electron chi connectivity index (χ4n) is 3.92. The third kappa shape index (κ3) is 4.79. The lowest BCUT2D eigenvalue weighted by atomic mass is 9.86. The van der Waals surface area contributed by atoms with Gasteiger partial charge < -0.3 is 4.90 Å². The van der Waals surface area contributed by atoms with Crippen LogP contribution in [0.25, 0.3) is 0 Å². The molecule has 5 heteroatoms. The number of Topliss-reactive ketones (excluding diaryl/α,β-unsaturated/α-hetero) is 1. The molecule has 0 saturated carbocycles. The first kappa shape index (κ1) is 19.4. The Bertz CT molecular complexity index is 455. The van der Waals surface area contributed by atoms with Gasteiger partial charge in [0.25, 0.3) is 0 Å². The summed E-state index contributed by atoms with van der Waals surface area (Å²) in [4.78, 5) is 29.9. The Morgan fingerprint density at radius 2 is 1.25 bits per heavy atom. The number of carbonyl (C=O) groups is 2. The zero-order valence-corrected chi connectivity index (χ0v) is 16.2. The maximum Gasteiger partial charge on any atom is 0.219 e. The Labute approximate surface area is 147 Å².